The molecular weight excluding hydrogens is 467 g/mol. The quantitative estimate of drug-likeness (QED) is 0.381. The molecule has 0 aliphatic carbocycles. The average Bonchev–Trinajstić information content (AvgIpc) is 3.22. The summed E-state index contributed by atoms with van der Waals surface area (Å²) in [6.45, 7) is 4.46. The summed E-state index contributed by atoms with van der Waals surface area (Å²) in [5, 5.41) is 10.6. The fraction of sp³-hybridized carbons (Fsp3) is 0.471. The van der Waals surface area contributed by atoms with Gasteiger partial charge in [-0.15, -0.1) is 24.0 Å². The van der Waals surface area contributed by atoms with Gasteiger partial charge in [-0.3, -0.25) is 4.68 Å². The first-order valence-corrected chi connectivity index (χ1v) is 8.64. The van der Waals surface area contributed by atoms with E-state index in [1.807, 2.05) is 18.9 Å². The summed E-state index contributed by atoms with van der Waals surface area (Å²) in [4.78, 5) is 10.6. The molecule has 2 N–H and O–H groups in total. The van der Waals surface area contributed by atoms with Crippen molar-refractivity contribution in [2.75, 3.05) is 24.5 Å². The minimum atomic E-state index is -0.564. The average molecular weight is 491 g/mol. The molecular formula is C17H24F2IN7. The number of rotatable bonds is 5. The molecule has 0 radical (unpaired) electrons. The predicted octanol–water partition coefficient (Wildman–Crippen LogP) is 2.05. The van der Waals surface area contributed by atoms with Gasteiger partial charge < -0.3 is 15.5 Å². The topological polar surface area (TPSA) is 70.4 Å². The van der Waals surface area contributed by atoms with Crippen molar-refractivity contribution in [1.29, 1.82) is 0 Å². The van der Waals surface area contributed by atoms with Crippen LogP contribution in [0.4, 0.5) is 14.5 Å². The molecule has 27 heavy (non-hydrogen) atoms. The van der Waals surface area contributed by atoms with Crippen molar-refractivity contribution < 1.29 is 8.78 Å². The molecule has 2 aromatic rings. The molecule has 7 nitrogen and oxygen atoms in total. The summed E-state index contributed by atoms with van der Waals surface area (Å²) in [6.07, 6.45) is 2.34. The maximum Gasteiger partial charge on any atom is 0.191 e. The van der Waals surface area contributed by atoms with E-state index in [4.69, 9.17) is 0 Å². The third kappa shape index (κ3) is 5.50. The van der Waals surface area contributed by atoms with Crippen LogP contribution in [0.2, 0.25) is 0 Å². The van der Waals surface area contributed by atoms with Gasteiger partial charge in [0, 0.05) is 38.8 Å². The SMILES string of the molecule is CCNC(=NCc1ncnn1C)NC1CCN(c2ccc(F)cc2F)C1.I. The van der Waals surface area contributed by atoms with Crippen LogP contribution < -0.4 is 15.5 Å². The number of aromatic nitrogens is 3. The van der Waals surface area contributed by atoms with Crippen LogP contribution in [0.3, 0.4) is 0 Å². The zero-order chi connectivity index (χ0) is 18.5. The fourth-order valence-corrected chi connectivity index (χ4v) is 2.96. The minimum Gasteiger partial charge on any atom is -0.367 e. The third-order valence-corrected chi connectivity index (χ3v) is 4.31. The molecule has 3 rings (SSSR count). The molecule has 148 valence electrons. The molecule has 1 fully saturated rings. The summed E-state index contributed by atoms with van der Waals surface area (Å²) in [7, 11) is 1.82. The van der Waals surface area contributed by atoms with Crippen LogP contribution in [0.5, 0.6) is 0 Å². The Balaban J connectivity index is 0.00000261. The van der Waals surface area contributed by atoms with E-state index < -0.39 is 11.6 Å². The van der Waals surface area contributed by atoms with Crippen LogP contribution in [-0.2, 0) is 13.6 Å². The third-order valence-electron chi connectivity index (χ3n) is 4.31. The van der Waals surface area contributed by atoms with Gasteiger partial charge >= 0.3 is 0 Å². The Hall–Kier alpha value is -1.98. The van der Waals surface area contributed by atoms with E-state index in [-0.39, 0.29) is 30.0 Å². The number of aryl methyl sites for hydroxylation is 1. The largest absolute Gasteiger partial charge is 0.367 e. The molecule has 0 amide bonds. The van der Waals surface area contributed by atoms with Crippen molar-refractivity contribution in [1.82, 2.24) is 25.4 Å². The number of benzene rings is 1. The summed E-state index contributed by atoms with van der Waals surface area (Å²) < 4.78 is 28.7. The molecule has 1 unspecified atom stereocenters. The maximum absolute atomic E-state index is 14.0. The fourth-order valence-electron chi connectivity index (χ4n) is 2.96. The Kier molecular flexibility index (Phi) is 7.75. The summed E-state index contributed by atoms with van der Waals surface area (Å²) in [6, 6.07) is 3.81. The monoisotopic (exact) mass is 491 g/mol. The lowest BCUT2D eigenvalue weighted by Crippen LogP contribution is -2.44. The van der Waals surface area contributed by atoms with Crippen LogP contribution in [-0.4, -0.2) is 46.4 Å². The van der Waals surface area contributed by atoms with E-state index in [9.17, 15) is 8.78 Å². The molecule has 1 aromatic carbocycles. The highest BCUT2D eigenvalue weighted by molar-refractivity contribution is 14.0. The van der Waals surface area contributed by atoms with E-state index in [0.29, 0.717) is 31.3 Å². The van der Waals surface area contributed by atoms with Gasteiger partial charge in [-0.05, 0) is 25.5 Å². The van der Waals surface area contributed by atoms with Crippen LogP contribution >= 0.6 is 24.0 Å². The van der Waals surface area contributed by atoms with Crippen molar-refractivity contribution in [2.45, 2.75) is 25.9 Å². The van der Waals surface area contributed by atoms with E-state index in [1.54, 1.807) is 4.68 Å². The number of nitrogens with one attached hydrogen (secondary N) is 2. The first-order chi connectivity index (χ1) is 12.6. The number of halogens is 3. The maximum atomic E-state index is 14.0. The van der Waals surface area contributed by atoms with Gasteiger partial charge in [-0.1, -0.05) is 0 Å². The lowest BCUT2D eigenvalue weighted by Gasteiger charge is -2.21. The first-order valence-electron chi connectivity index (χ1n) is 8.64. The second-order valence-electron chi connectivity index (χ2n) is 6.17. The molecule has 1 aliphatic rings. The van der Waals surface area contributed by atoms with Crippen LogP contribution in [0.25, 0.3) is 0 Å². The molecule has 10 heteroatoms. The first kappa shape index (κ1) is 21.3. The van der Waals surface area contributed by atoms with Gasteiger partial charge in [0.25, 0.3) is 0 Å². The summed E-state index contributed by atoms with van der Waals surface area (Å²) >= 11 is 0. The second-order valence-corrected chi connectivity index (χ2v) is 6.17. The molecule has 0 saturated carbocycles. The molecule has 1 atom stereocenters. The van der Waals surface area contributed by atoms with Gasteiger partial charge in [0.15, 0.2) is 5.96 Å². The lowest BCUT2D eigenvalue weighted by atomic mass is 10.2. The number of guanidine groups is 1. The standard InChI is InChI=1S/C17H23F2N7.HI/c1-3-20-17(21-9-16-22-11-23-25(16)2)24-13-6-7-26(10-13)15-5-4-12(18)8-14(15)19;/h4-5,8,11,13H,3,6-7,9-10H2,1-2H3,(H2,20,21,24);1H. The number of hydrogen-bond acceptors (Lipinski definition) is 4. The molecule has 2 heterocycles. The van der Waals surface area contributed by atoms with Crippen LogP contribution in [0.1, 0.15) is 19.2 Å². The Bertz CT molecular complexity index is 780. The van der Waals surface area contributed by atoms with Gasteiger partial charge in [0.05, 0.1) is 5.69 Å². The number of anilines is 1. The normalized spacial score (nSPS) is 17.0. The van der Waals surface area contributed by atoms with Gasteiger partial charge in [0.1, 0.15) is 30.3 Å². The van der Waals surface area contributed by atoms with Gasteiger partial charge in [0.2, 0.25) is 0 Å². The summed E-state index contributed by atoms with van der Waals surface area (Å²) in [5.41, 5.74) is 0.428. The molecule has 0 spiro atoms. The van der Waals surface area contributed by atoms with E-state index in [0.717, 1.165) is 24.9 Å². The van der Waals surface area contributed by atoms with Crippen molar-refractivity contribution in [3.8, 4) is 0 Å². The Labute approximate surface area is 174 Å². The van der Waals surface area contributed by atoms with Crippen LogP contribution in [0.15, 0.2) is 29.5 Å². The zero-order valence-corrected chi connectivity index (χ0v) is 17.7. The molecule has 1 aliphatic heterocycles. The van der Waals surface area contributed by atoms with Gasteiger partial charge in [-0.25, -0.2) is 18.8 Å². The number of nitrogens with zero attached hydrogens (tertiary/aromatic N) is 5. The lowest BCUT2D eigenvalue weighted by molar-refractivity contribution is 0.580. The predicted molar refractivity (Wildman–Crippen MR) is 111 cm³/mol. The van der Waals surface area contributed by atoms with E-state index in [2.05, 4.69) is 25.7 Å². The van der Waals surface area contributed by atoms with Gasteiger partial charge in [-0.2, -0.15) is 5.10 Å². The molecule has 1 saturated heterocycles. The van der Waals surface area contributed by atoms with Crippen molar-refractivity contribution in [3.05, 3.63) is 42.0 Å². The zero-order valence-electron chi connectivity index (χ0n) is 15.3. The van der Waals surface area contributed by atoms with Crippen molar-refractivity contribution in [3.63, 3.8) is 0 Å². The Morgan fingerprint density at radius 1 is 1.37 bits per heavy atom. The van der Waals surface area contributed by atoms with Crippen molar-refractivity contribution >= 4 is 35.6 Å². The highest BCUT2D eigenvalue weighted by Gasteiger charge is 2.25. The number of hydrogen-bond donors (Lipinski definition) is 2. The molecule has 1 aromatic heterocycles. The molecule has 0 bridgehead atoms. The van der Waals surface area contributed by atoms with Crippen molar-refractivity contribution in [2.24, 2.45) is 12.0 Å². The second kappa shape index (κ2) is 9.81. The van der Waals surface area contributed by atoms with E-state index >= 15 is 0 Å². The summed E-state index contributed by atoms with van der Waals surface area (Å²) in [5.74, 6) is 0.351. The minimum absolute atomic E-state index is 0. The van der Waals surface area contributed by atoms with E-state index in [1.165, 1.54) is 18.5 Å². The Morgan fingerprint density at radius 3 is 2.85 bits per heavy atom. The Morgan fingerprint density at radius 2 is 2.19 bits per heavy atom. The highest BCUT2D eigenvalue weighted by atomic mass is 127. The highest BCUT2D eigenvalue weighted by Crippen LogP contribution is 2.24. The number of aliphatic imine (C=N–C) groups is 1. The van der Waals surface area contributed by atoms with Crippen LogP contribution in [0, 0.1) is 11.6 Å². The smallest absolute Gasteiger partial charge is 0.191 e.